The molecule has 0 unspecified atom stereocenters. The number of carbonyl (C=O) groups excluding carboxylic acids is 3. The van der Waals surface area contributed by atoms with Crippen molar-refractivity contribution < 1.29 is 42.1 Å². The van der Waals surface area contributed by atoms with Crippen molar-refractivity contribution in [3.05, 3.63) is 167 Å². The molecule has 0 bridgehead atoms. The first-order valence-electron chi connectivity index (χ1n) is 13.1. The first kappa shape index (κ1) is 26.4. The third kappa shape index (κ3) is 5.23. The van der Waals surface area contributed by atoms with Crippen LogP contribution in [0.15, 0.2) is 140 Å². The van der Waals surface area contributed by atoms with E-state index in [1.54, 1.807) is 91.0 Å². The standard InChI is InChI=1S/C13H9.3C7H6O2.Ti/c1-3-7-12-10(5-1)9-11-6-2-4-8-13(11)12;3*8-7(9)6-4-2-1-3-5-6;/h1-9H;3*1-5H,(H,8,9);/q;;;;+3/p-3. The Balaban J connectivity index is 1.56. The van der Waals surface area contributed by atoms with Crippen LogP contribution in [0.1, 0.15) is 46.4 Å². The summed E-state index contributed by atoms with van der Waals surface area (Å²) >= 11 is -5.40. The van der Waals surface area contributed by atoms with Gasteiger partial charge in [0.2, 0.25) is 0 Å². The zero-order valence-corrected chi connectivity index (χ0v) is 23.4. The van der Waals surface area contributed by atoms with E-state index in [1.807, 2.05) is 48.5 Å². The van der Waals surface area contributed by atoms with Crippen LogP contribution in [0, 0.1) is 0 Å². The maximum absolute atomic E-state index is 13.7. The number of benzene rings is 5. The molecule has 0 radical (unpaired) electrons. The van der Waals surface area contributed by atoms with Crippen molar-refractivity contribution in [2.75, 3.05) is 0 Å². The number of rotatable bonds is 7. The summed E-state index contributed by atoms with van der Waals surface area (Å²) in [5, 5.41) is 0. The van der Waals surface area contributed by atoms with Gasteiger partial charge in [-0.2, -0.15) is 0 Å². The van der Waals surface area contributed by atoms with Crippen LogP contribution in [0.2, 0.25) is 0 Å². The van der Waals surface area contributed by atoms with Crippen LogP contribution in [0.5, 0.6) is 0 Å². The van der Waals surface area contributed by atoms with Gasteiger partial charge >= 0.3 is 243 Å². The normalized spacial score (nSPS) is 12.1. The minimum absolute atomic E-state index is 0.244. The summed E-state index contributed by atoms with van der Waals surface area (Å²) in [5.41, 5.74) is 4.04. The van der Waals surface area contributed by atoms with Crippen LogP contribution in [0.4, 0.5) is 0 Å². The van der Waals surface area contributed by atoms with Gasteiger partial charge in [0.15, 0.2) is 0 Å². The number of hydrogen-bond donors (Lipinski definition) is 0. The summed E-state index contributed by atoms with van der Waals surface area (Å²) in [6.45, 7) is 0. The molecule has 0 spiro atoms. The Morgan fingerprint density at radius 2 is 0.707 bits per heavy atom. The van der Waals surface area contributed by atoms with E-state index in [2.05, 4.69) is 0 Å². The predicted octanol–water partition coefficient (Wildman–Crippen LogP) is 7.23. The SMILES string of the molecule is O=C([O][Ti]([O]C(=O)c1ccccc1)([O]C(=O)c1ccccc1)[CH]1c2ccccc2-c2ccccc21)c1ccccc1. The summed E-state index contributed by atoms with van der Waals surface area (Å²) in [4.78, 5) is 41.2. The van der Waals surface area contributed by atoms with Crippen molar-refractivity contribution in [2.24, 2.45) is 0 Å². The van der Waals surface area contributed by atoms with Crippen molar-refractivity contribution in [3.63, 3.8) is 0 Å². The van der Waals surface area contributed by atoms with Gasteiger partial charge in [0, 0.05) is 0 Å². The number of fused-ring (bicyclic) bond motifs is 3. The molecular formula is C34H24O6Ti. The van der Waals surface area contributed by atoms with Gasteiger partial charge in [-0.05, 0) is 0 Å². The van der Waals surface area contributed by atoms with Crippen LogP contribution in [0.25, 0.3) is 11.1 Å². The van der Waals surface area contributed by atoms with E-state index < -0.39 is 39.9 Å². The third-order valence-electron chi connectivity index (χ3n) is 6.92. The molecule has 0 fully saturated rings. The van der Waals surface area contributed by atoms with Crippen molar-refractivity contribution in [3.8, 4) is 11.1 Å². The van der Waals surface area contributed by atoms with E-state index in [9.17, 15) is 14.4 Å². The molecule has 0 aliphatic heterocycles. The molecule has 200 valence electrons. The second-order valence-corrected chi connectivity index (χ2v) is 13.2. The van der Waals surface area contributed by atoms with E-state index in [0.29, 0.717) is 0 Å². The Kier molecular flexibility index (Phi) is 7.34. The van der Waals surface area contributed by atoms with Crippen LogP contribution < -0.4 is 0 Å². The van der Waals surface area contributed by atoms with Crippen LogP contribution in [0.3, 0.4) is 0 Å². The topological polar surface area (TPSA) is 78.9 Å². The molecule has 6 nitrogen and oxygen atoms in total. The molecular weight excluding hydrogens is 552 g/mol. The number of carbonyl (C=O) groups is 3. The quantitative estimate of drug-likeness (QED) is 0.190. The second-order valence-electron chi connectivity index (χ2n) is 9.48. The summed E-state index contributed by atoms with van der Waals surface area (Å²) in [5.74, 6) is -2.22. The summed E-state index contributed by atoms with van der Waals surface area (Å²) < 4.78 is 18.0. The zero-order valence-electron chi connectivity index (χ0n) is 21.8. The minimum atomic E-state index is -5.40. The van der Waals surface area contributed by atoms with Gasteiger partial charge in [0.25, 0.3) is 0 Å². The van der Waals surface area contributed by atoms with Crippen molar-refractivity contribution in [1.29, 1.82) is 0 Å². The Hall–Kier alpha value is -4.78. The molecule has 1 aliphatic rings. The van der Waals surface area contributed by atoms with Crippen LogP contribution in [-0.2, 0) is 27.7 Å². The molecule has 0 saturated heterocycles. The molecule has 0 heterocycles. The van der Waals surface area contributed by atoms with Crippen molar-refractivity contribution >= 4 is 17.9 Å². The summed E-state index contributed by atoms with van der Waals surface area (Å²) in [6, 6.07) is 40.4. The average Bonchev–Trinajstić information content (AvgIpc) is 3.37. The Labute approximate surface area is 241 Å². The van der Waals surface area contributed by atoms with Gasteiger partial charge in [-0.15, -0.1) is 0 Å². The molecule has 0 aromatic heterocycles. The van der Waals surface area contributed by atoms with Crippen LogP contribution in [-0.4, -0.2) is 17.9 Å². The molecule has 0 N–H and O–H groups in total. The zero-order chi connectivity index (χ0) is 28.2. The predicted molar refractivity (Wildman–Crippen MR) is 149 cm³/mol. The van der Waals surface area contributed by atoms with E-state index >= 15 is 0 Å². The Bertz CT molecular complexity index is 1550. The second kappa shape index (κ2) is 11.4. The molecule has 1 aliphatic carbocycles. The van der Waals surface area contributed by atoms with E-state index in [0.717, 1.165) is 22.3 Å². The summed E-state index contributed by atoms with van der Waals surface area (Å²) in [6.07, 6.45) is 0. The fourth-order valence-electron chi connectivity index (χ4n) is 5.06. The van der Waals surface area contributed by atoms with Gasteiger partial charge < -0.3 is 0 Å². The first-order valence-corrected chi connectivity index (χ1v) is 15.9. The Morgan fingerprint density at radius 3 is 1.05 bits per heavy atom. The van der Waals surface area contributed by atoms with Gasteiger partial charge in [0.1, 0.15) is 0 Å². The fourth-order valence-corrected chi connectivity index (χ4v) is 9.55. The molecule has 7 heteroatoms. The summed E-state index contributed by atoms with van der Waals surface area (Å²) in [7, 11) is 0. The third-order valence-corrected chi connectivity index (χ3v) is 11.2. The van der Waals surface area contributed by atoms with Crippen molar-refractivity contribution in [2.45, 2.75) is 4.22 Å². The van der Waals surface area contributed by atoms with Gasteiger partial charge in [-0.1, -0.05) is 0 Å². The molecule has 5 aromatic carbocycles. The van der Waals surface area contributed by atoms with E-state index in [4.69, 9.17) is 9.96 Å². The van der Waals surface area contributed by atoms with Gasteiger partial charge in [-0.3, -0.25) is 0 Å². The van der Waals surface area contributed by atoms with Crippen molar-refractivity contribution in [1.82, 2.24) is 0 Å². The monoisotopic (exact) mass is 576 g/mol. The van der Waals surface area contributed by atoms with Gasteiger partial charge in [0.05, 0.1) is 0 Å². The molecule has 41 heavy (non-hydrogen) atoms. The molecule has 0 atom stereocenters. The number of hydrogen-bond acceptors (Lipinski definition) is 6. The molecule has 0 saturated carbocycles. The van der Waals surface area contributed by atoms with Crippen LogP contribution >= 0.6 is 0 Å². The maximum atomic E-state index is 13.7. The molecule has 0 amide bonds. The van der Waals surface area contributed by atoms with E-state index in [-0.39, 0.29) is 16.7 Å². The van der Waals surface area contributed by atoms with Gasteiger partial charge in [-0.25, -0.2) is 0 Å². The van der Waals surface area contributed by atoms with E-state index in [1.165, 1.54) is 0 Å². The molecule has 6 rings (SSSR count). The first-order chi connectivity index (χ1) is 20.1. The fraction of sp³-hybridized carbons (Fsp3) is 0.0294. The molecule has 5 aromatic rings. The Morgan fingerprint density at radius 1 is 0.415 bits per heavy atom. The average molecular weight is 576 g/mol.